The van der Waals surface area contributed by atoms with Crippen LogP contribution in [0.2, 0.25) is 0 Å². The molecule has 3 heteroatoms. The zero-order chi connectivity index (χ0) is 17.7. The molecule has 3 nitrogen and oxygen atoms in total. The van der Waals surface area contributed by atoms with E-state index in [1.165, 1.54) is 36.8 Å². The van der Waals surface area contributed by atoms with E-state index in [4.69, 9.17) is 5.73 Å². The fourth-order valence-corrected chi connectivity index (χ4v) is 2.58. The maximum Gasteiger partial charge on any atom is 0.106 e. The number of aromatic nitrogens is 2. The number of aryl methyl sites for hydroxylation is 1. The van der Waals surface area contributed by atoms with Crippen LogP contribution in [0.15, 0.2) is 66.9 Å². The highest BCUT2D eigenvalue weighted by atomic mass is 14.9. The molecule has 132 valence electrons. The first-order chi connectivity index (χ1) is 12.3. The van der Waals surface area contributed by atoms with Gasteiger partial charge in [0.05, 0.1) is 5.69 Å². The van der Waals surface area contributed by atoms with Gasteiger partial charge in [-0.05, 0) is 12.0 Å². The van der Waals surface area contributed by atoms with Crippen molar-refractivity contribution in [1.82, 2.24) is 9.97 Å². The minimum absolute atomic E-state index is 0.640. The molecule has 0 bridgehead atoms. The second-order valence-electron chi connectivity index (χ2n) is 6.10. The highest BCUT2D eigenvalue weighted by Crippen LogP contribution is 2.16. The summed E-state index contributed by atoms with van der Waals surface area (Å²) in [7, 11) is 0. The maximum absolute atomic E-state index is 5.35. The zero-order valence-electron chi connectivity index (χ0n) is 15.1. The van der Waals surface area contributed by atoms with Crippen LogP contribution in [-0.2, 0) is 13.0 Å². The average Bonchev–Trinajstić information content (AvgIpc) is 3.16. The summed E-state index contributed by atoms with van der Waals surface area (Å²) in [6, 6.07) is 20.3. The molecule has 1 aromatic heterocycles. The molecule has 0 unspecified atom stereocenters. The number of imidazole rings is 1. The lowest BCUT2D eigenvalue weighted by atomic mass is 10.1. The Morgan fingerprint density at radius 1 is 0.880 bits per heavy atom. The van der Waals surface area contributed by atoms with E-state index in [0.717, 1.165) is 17.9 Å². The standard InChI is InChI=1S/C15H20N2.C7H9N/c1-2-3-4-8-11-15-16-12-14(17-15)13-9-6-5-7-10-13;8-6-7-4-2-1-3-5-7/h5-7,9-10,12H,2-4,8,11H2,1H3,(H,16,17);1-5H,6,8H2. The van der Waals surface area contributed by atoms with Crippen molar-refractivity contribution in [2.75, 3.05) is 0 Å². The van der Waals surface area contributed by atoms with E-state index in [0.29, 0.717) is 6.54 Å². The van der Waals surface area contributed by atoms with Crippen LogP contribution in [0.3, 0.4) is 0 Å². The molecule has 1 heterocycles. The second-order valence-corrected chi connectivity index (χ2v) is 6.10. The minimum atomic E-state index is 0.640. The Kier molecular flexibility index (Phi) is 8.50. The van der Waals surface area contributed by atoms with Crippen molar-refractivity contribution in [3.05, 3.63) is 78.2 Å². The Morgan fingerprint density at radius 3 is 2.16 bits per heavy atom. The molecule has 2 aromatic carbocycles. The topological polar surface area (TPSA) is 54.7 Å². The monoisotopic (exact) mass is 335 g/mol. The van der Waals surface area contributed by atoms with Crippen LogP contribution in [0, 0.1) is 0 Å². The van der Waals surface area contributed by atoms with Crippen LogP contribution < -0.4 is 5.73 Å². The average molecular weight is 335 g/mol. The van der Waals surface area contributed by atoms with E-state index < -0.39 is 0 Å². The number of hydrogen-bond donors (Lipinski definition) is 2. The largest absolute Gasteiger partial charge is 0.348 e. The fourth-order valence-electron chi connectivity index (χ4n) is 2.58. The number of benzene rings is 2. The van der Waals surface area contributed by atoms with Crippen LogP contribution in [0.1, 0.15) is 44.0 Å². The molecule has 25 heavy (non-hydrogen) atoms. The van der Waals surface area contributed by atoms with Crippen LogP contribution in [-0.4, -0.2) is 9.97 Å². The molecular formula is C22H29N3. The predicted molar refractivity (Wildman–Crippen MR) is 106 cm³/mol. The third-order valence-corrected chi connectivity index (χ3v) is 4.05. The molecule has 0 amide bonds. The predicted octanol–water partition coefficient (Wildman–Crippen LogP) is 5.34. The fraction of sp³-hybridized carbons (Fsp3) is 0.318. The molecule has 0 spiro atoms. The van der Waals surface area contributed by atoms with Crippen LogP contribution in [0.4, 0.5) is 0 Å². The van der Waals surface area contributed by atoms with Crippen molar-refractivity contribution in [2.24, 2.45) is 5.73 Å². The minimum Gasteiger partial charge on any atom is -0.348 e. The van der Waals surface area contributed by atoms with Crippen LogP contribution >= 0.6 is 0 Å². The molecule has 0 saturated carbocycles. The summed E-state index contributed by atoms with van der Waals surface area (Å²) in [6.07, 6.45) is 8.21. The van der Waals surface area contributed by atoms with Crippen LogP contribution in [0.5, 0.6) is 0 Å². The third kappa shape index (κ3) is 6.94. The highest BCUT2D eigenvalue weighted by molar-refractivity contribution is 5.57. The van der Waals surface area contributed by atoms with E-state index >= 15 is 0 Å². The SMILES string of the molecule is CCCCCCc1nc(-c2ccccc2)c[nH]1.NCc1ccccc1. The molecular weight excluding hydrogens is 306 g/mol. The Balaban J connectivity index is 0.000000236. The molecule has 3 N–H and O–H groups in total. The smallest absolute Gasteiger partial charge is 0.106 e. The first-order valence-electron chi connectivity index (χ1n) is 9.17. The van der Waals surface area contributed by atoms with Gasteiger partial charge in [-0.25, -0.2) is 4.98 Å². The molecule has 0 aliphatic rings. The quantitative estimate of drug-likeness (QED) is 0.572. The summed E-state index contributed by atoms with van der Waals surface area (Å²) < 4.78 is 0. The van der Waals surface area contributed by atoms with Crippen molar-refractivity contribution in [1.29, 1.82) is 0 Å². The maximum atomic E-state index is 5.35. The summed E-state index contributed by atoms with van der Waals surface area (Å²) in [5.74, 6) is 1.11. The lowest BCUT2D eigenvalue weighted by Crippen LogP contribution is -1.94. The molecule has 0 fully saturated rings. The summed E-state index contributed by atoms with van der Waals surface area (Å²) in [6.45, 7) is 2.88. The Hall–Kier alpha value is -2.39. The van der Waals surface area contributed by atoms with Crippen molar-refractivity contribution < 1.29 is 0 Å². The normalized spacial score (nSPS) is 10.2. The molecule has 0 aliphatic carbocycles. The first kappa shape index (κ1) is 18.9. The van der Waals surface area contributed by atoms with Gasteiger partial charge in [-0.2, -0.15) is 0 Å². The van der Waals surface area contributed by atoms with Crippen LogP contribution in [0.25, 0.3) is 11.3 Å². The van der Waals surface area contributed by atoms with E-state index in [1.54, 1.807) is 0 Å². The van der Waals surface area contributed by atoms with Crippen molar-refractivity contribution in [2.45, 2.75) is 45.6 Å². The van der Waals surface area contributed by atoms with Gasteiger partial charge in [-0.3, -0.25) is 0 Å². The second kappa shape index (κ2) is 11.2. The Morgan fingerprint density at radius 2 is 1.56 bits per heavy atom. The number of H-pyrrole nitrogens is 1. The first-order valence-corrected chi connectivity index (χ1v) is 9.17. The highest BCUT2D eigenvalue weighted by Gasteiger charge is 2.02. The van der Waals surface area contributed by atoms with E-state index in [1.807, 2.05) is 54.7 Å². The number of nitrogens with two attached hydrogens (primary N) is 1. The number of aromatic amines is 1. The molecule has 0 aliphatic heterocycles. The third-order valence-electron chi connectivity index (χ3n) is 4.05. The van der Waals surface area contributed by atoms with Gasteiger partial charge < -0.3 is 10.7 Å². The number of nitrogens with zero attached hydrogens (tertiary/aromatic N) is 1. The molecule has 3 aromatic rings. The van der Waals surface area contributed by atoms with Gasteiger partial charge in [0.2, 0.25) is 0 Å². The van der Waals surface area contributed by atoms with Crippen molar-refractivity contribution >= 4 is 0 Å². The lowest BCUT2D eigenvalue weighted by molar-refractivity contribution is 0.655. The molecule has 0 radical (unpaired) electrons. The van der Waals surface area contributed by atoms with E-state index in [9.17, 15) is 0 Å². The lowest BCUT2D eigenvalue weighted by Gasteiger charge is -1.97. The summed E-state index contributed by atoms with van der Waals surface area (Å²) >= 11 is 0. The van der Waals surface area contributed by atoms with Gasteiger partial charge in [0.25, 0.3) is 0 Å². The number of nitrogens with one attached hydrogen (secondary N) is 1. The molecule has 0 atom stereocenters. The molecule has 0 saturated heterocycles. The van der Waals surface area contributed by atoms with Gasteiger partial charge in [-0.15, -0.1) is 0 Å². The van der Waals surface area contributed by atoms with Gasteiger partial charge in [0.15, 0.2) is 0 Å². The van der Waals surface area contributed by atoms with E-state index in [-0.39, 0.29) is 0 Å². The number of unbranched alkanes of at least 4 members (excludes halogenated alkanes) is 3. The Labute approximate surface area is 151 Å². The Bertz CT molecular complexity index is 690. The van der Waals surface area contributed by atoms with Crippen molar-refractivity contribution in [3.63, 3.8) is 0 Å². The van der Waals surface area contributed by atoms with Gasteiger partial charge >= 0.3 is 0 Å². The van der Waals surface area contributed by atoms with E-state index in [2.05, 4.69) is 29.0 Å². The van der Waals surface area contributed by atoms with Crippen molar-refractivity contribution in [3.8, 4) is 11.3 Å². The number of rotatable bonds is 7. The zero-order valence-corrected chi connectivity index (χ0v) is 15.1. The van der Waals surface area contributed by atoms with Gasteiger partial charge in [0.1, 0.15) is 5.82 Å². The van der Waals surface area contributed by atoms with Gasteiger partial charge in [0, 0.05) is 24.7 Å². The summed E-state index contributed by atoms with van der Waals surface area (Å²) in [5.41, 5.74) is 8.77. The summed E-state index contributed by atoms with van der Waals surface area (Å²) in [5, 5.41) is 0. The molecule has 3 rings (SSSR count). The van der Waals surface area contributed by atoms with Gasteiger partial charge in [-0.1, -0.05) is 86.8 Å². The number of hydrogen-bond acceptors (Lipinski definition) is 2. The summed E-state index contributed by atoms with van der Waals surface area (Å²) in [4.78, 5) is 7.89.